The molecular formula is C20H20O3S. The number of carbonyl (C=O) groups is 1. The Balaban J connectivity index is 2.16. The first-order valence-corrected chi connectivity index (χ1v) is 8.60. The molecule has 0 fully saturated rings. The van der Waals surface area contributed by atoms with Crippen LogP contribution in [0.5, 0.6) is 5.75 Å². The molecule has 3 aromatic rings. The van der Waals surface area contributed by atoms with Crippen LogP contribution in [0.1, 0.15) is 30.4 Å². The van der Waals surface area contributed by atoms with Crippen LogP contribution >= 0.6 is 11.3 Å². The fraction of sp³-hybridized carbons (Fsp3) is 0.250. The van der Waals surface area contributed by atoms with E-state index >= 15 is 0 Å². The molecule has 2 aromatic carbocycles. The number of esters is 1. The normalized spacial score (nSPS) is 11.5. The van der Waals surface area contributed by atoms with Crippen LogP contribution in [-0.2, 0) is 4.74 Å². The second-order valence-corrected chi connectivity index (χ2v) is 7.58. The lowest BCUT2D eigenvalue weighted by molar-refractivity contribution is 0.00761. The van der Waals surface area contributed by atoms with Gasteiger partial charge in [-0.25, -0.2) is 4.79 Å². The fourth-order valence-electron chi connectivity index (χ4n) is 2.56. The standard InChI is InChI=1S/C20H20O3S/c1-20(2,3)23-19(21)18-17(13-9-11-14(22-4)12-10-13)15-7-5-6-8-16(15)24-18/h5-12H,1-4H3. The van der Waals surface area contributed by atoms with Crippen molar-refractivity contribution in [2.24, 2.45) is 0 Å². The van der Waals surface area contributed by atoms with Gasteiger partial charge in [-0.2, -0.15) is 0 Å². The van der Waals surface area contributed by atoms with Crippen LogP contribution in [0, 0.1) is 0 Å². The van der Waals surface area contributed by atoms with E-state index in [1.54, 1.807) is 7.11 Å². The Hall–Kier alpha value is -2.33. The minimum atomic E-state index is -0.523. The maximum atomic E-state index is 12.7. The van der Waals surface area contributed by atoms with Gasteiger partial charge in [0.05, 0.1) is 7.11 Å². The summed E-state index contributed by atoms with van der Waals surface area (Å²) in [5.41, 5.74) is 1.38. The molecule has 24 heavy (non-hydrogen) atoms. The highest BCUT2D eigenvalue weighted by molar-refractivity contribution is 7.21. The van der Waals surface area contributed by atoms with Crippen molar-refractivity contribution in [2.75, 3.05) is 7.11 Å². The molecule has 4 heteroatoms. The SMILES string of the molecule is COc1ccc(-c2c(C(=O)OC(C)(C)C)sc3ccccc23)cc1. The zero-order valence-corrected chi connectivity index (χ0v) is 15.1. The van der Waals surface area contributed by atoms with E-state index in [0.29, 0.717) is 4.88 Å². The van der Waals surface area contributed by atoms with Crippen LogP contribution in [0.4, 0.5) is 0 Å². The van der Waals surface area contributed by atoms with Gasteiger partial charge in [0.25, 0.3) is 0 Å². The molecule has 1 aromatic heterocycles. The molecule has 0 aliphatic heterocycles. The number of methoxy groups -OCH3 is 1. The lowest BCUT2D eigenvalue weighted by atomic mass is 10.0. The molecule has 0 radical (unpaired) electrons. The largest absolute Gasteiger partial charge is 0.497 e. The van der Waals surface area contributed by atoms with Crippen molar-refractivity contribution < 1.29 is 14.3 Å². The van der Waals surface area contributed by atoms with Crippen molar-refractivity contribution in [3.05, 3.63) is 53.4 Å². The van der Waals surface area contributed by atoms with E-state index in [9.17, 15) is 4.79 Å². The van der Waals surface area contributed by atoms with Gasteiger partial charge in [-0.05, 0) is 44.5 Å². The van der Waals surface area contributed by atoms with Gasteiger partial charge >= 0.3 is 5.97 Å². The maximum Gasteiger partial charge on any atom is 0.349 e. The Morgan fingerprint density at radius 3 is 2.29 bits per heavy atom. The predicted molar refractivity (Wildman–Crippen MR) is 99.0 cm³/mol. The number of benzene rings is 2. The molecule has 0 bridgehead atoms. The van der Waals surface area contributed by atoms with E-state index in [-0.39, 0.29) is 5.97 Å². The minimum absolute atomic E-state index is 0.283. The number of ether oxygens (including phenoxy) is 2. The van der Waals surface area contributed by atoms with Gasteiger partial charge in [-0.3, -0.25) is 0 Å². The van der Waals surface area contributed by atoms with E-state index in [4.69, 9.17) is 9.47 Å². The van der Waals surface area contributed by atoms with Crippen LogP contribution in [-0.4, -0.2) is 18.7 Å². The molecule has 0 atom stereocenters. The summed E-state index contributed by atoms with van der Waals surface area (Å²) in [6.45, 7) is 5.64. The number of thiophene rings is 1. The molecule has 0 saturated carbocycles. The summed E-state index contributed by atoms with van der Waals surface area (Å²) in [4.78, 5) is 13.3. The molecular weight excluding hydrogens is 320 g/mol. The average molecular weight is 340 g/mol. The first-order chi connectivity index (χ1) is 11.4. The third-order valence-electron chi connectivity index (χ3n) is 3.56. The van der Waals surface area contributed by atoms with E-state index in [1.165, 1.54) is 11.3 Å². The van der Waals surface area contributed by atoms with Crippen molar-refractivity contribution in [1.29, 1.82) is 0 Å². The second-order valence-electron chi connectivity index (χ2n) is 6.53. The van der Waals surface area contributed by atoms with Gasteiger partial charge in [0.1, 0.15) is 16.2 Å². The number of carbonyl (C=O) groups excluding carboxylic acids is 1. The number of fused-ring (bicyclic) bond motifs is 1. The smallest absolute Gasteiger partial charge is 0.349 e. The van der Waals surface area contributed by atoms with Crippen molar-refractivity contribution in [3.63, 3.8) is 0 Å². The van der Waals surface area contributed by atoms with E-state index in [2.05, 4.69) is 0 Å². The van der Waals surface area contributed by atoms with Crippen LogP contribution in [0.15, 0.2) is 48.5 Å². The van der Waals surface area contributed by atoms with Crippen LogP contribution in [0.25, 0.3) is 21.2 Å². The lowest BCUT2D eigenvalue weighted by Crippen LogP contribution is -2.23. The van der Waals surface area contributed by atoms with Gasteiger partial charge in [0.15, 0.2) is 0 Å². The van der Waals surface area contributed by atoms with E-state index in [0.717, 1.165) is 27.0 Å². The van der Waals surface area contributed by atoms with Crippen molar-refractivity contribution in [3.8, 4) is 16.9 Å². The predicted octanol–water partition coefficient (Wildman–Crippen LogP) is 5.53. The Labute approximate surface area is 145 Å². The Bertz CT molecular complexity index is 870. The Kier molecular flexibility index (Phi) is 4.33. The number of hydrogen-bond donors (Lipinski definition) is 0. The summed E-state index contributed by atoms with van der Waals surface area (Å²) >= 11 is 1.47. The van der Waals surface area contributed by atoms with E-state index < -0.39 is 5.60 Å². The Morgan fingerprint density at radius 2 is 1.67 bits per heavy atom. The lowest BCUT2D eigenvalue weighted by Gasteiger charge is -2.19. The molecule has 0 unspecified atom stereocenters. The molecule has 124 valence electrons. The highest BCUT2D eigenvalue weighted by Crippen LogP contribution is 2.40. The first-order valence-electron chi connectivity index (χ1n) is 7.78. The van der Waals surface area contributed by atoms with Gasteiger partial charge < -0.3 is 9.47 Å². The quantitative estimate of drug-likeness (QED) is 0.588. The zero-order valence-electron chi connectivity index (χ0n) is 14.3. The monoisotopic (exact) mass is 340 g/mol. The van der Waals surface area contributed by atoms with Crippen LogP contribution in [0.2, 0.25) is 0 Å². The third-order valence-corrected chi connectivity index (χ3v) is 4.71. The van der Waals surface area contributed by atoms with E-state index in [1.807, 2.05) is 69.3 Å². The summed E-state index contributed by atoms with van der Waals surface area (Å²) in [6.07, 6.45) is 0. The van der Waals surface area contributed by atoms with Gasteiger partial charge in [0, 0.05) is 15.6 Å². The Morgan fingerprint density at radius 1 is 1.00 bits per heavy atom. The molecule has 0 aliphatic carbocycles. The van der Waals surface area contributed by atoms with Crippen molar-refractivity contribution in [1.82, 2.24) is 0 Å². The highest BCUT2D eigenvalue weighted by Gasteiger charge is 2.24. The molecule has 3 nitrogen and oxygen atoms in total. The first kappa shape index (κ1) is 16.5. The molecule has 0 saturated heterocycles. The number of rotatable bonds is 3. The second kappa shape index (κ2) is 6.29. The van der Waals surface area contributed by atoms with Crippen LogP contribution in [0.3, 0.4) is 0 Å². The maximum absolute atomic E-state index is 12.7. The summed E-state index contributed by atoms with van der Waals surface area (Å²) in [6, 6.07) is 15.8. The van der Waals surface area contributed by atoms with Gasteiger partial charge in [-0.1, -0.05) is 30.3 Å². The average Bonchev–Trinajstić information content (AvgIpc) is 2.93. The third kappa shape index (κ3) is 3.29. The molecule has 0 amide bonds. The van der Waals surface area contributed by atoms with Crippen LogP contribution < -0.4 is 4.74 Å². The van der Waals surface area contributed by atoms with Crippen molar-refractivity contribution in [2.45, 2.75) is 26.4 Å². The highest BCUT2D eigenvalue weighted by atomic mass is 32.1. The fourth-order valence-corrected chi connectivity index (χ4v) is 3.66. The van der Waals surface area contributed by atoms with Crippen molar-refractivity contribution >= 4 is 27.4 Å². The molecule has 0 N–H and O–H groups in total. The summed E-state index contributed by atoms with van der Waals surface area (Å²) in [7, 11) is 1.64. The minimum Gasteiger partial charge on any atom is -0.497 e. The zero-order chi connectivity index (χ0) is 17.3. The number of hydrogen-bond acceptors (Lipinski definition) is 4. The van der Waals surface area contributed by atoms with Gasteiger partial charge in [-0.15, -0.1) is 11.3 Å². The molecule has 3 rings (SSSR count). The molecule has 0 spiro atoms. The topological polar surface area (TPSA) is 35.5 Å². The summed E-state index contributed by atoms with van der Waals surface area (Å²) in [5, 5.41) is 1.06. The molecule has 1 heterocycles. The summed E-state index contributed by atoms with van der Waals surface area (Å²) in [5.74, 6) is 0.506. The van der Waals surface area contributed by atoms with Gasteiger partial charge in [0.2, 0.25) is 0 Å². The summed E-state index contributed by atoms with van der Waals surface area (Å²) < 4.78 is 11.9. The molecule has 0 aliphatic rings.